The molecule has 2 heteroatoms. The molecule has 2 nitrogen and oxygen atoms in total. The third kappa shape index (κ3) is 1.91. The molecule has 14 heavy (non-hydrogen) atoms. The summed E-state index contributed by atoms with van der Waals surface area (Å²) in [5.41, 5.74) is 1.82. The third-order valence-electron chi connectivity index (χ3n) is 2.08. The van der Waals surface area contributed by atoms with Gasteiger partial charge in [0.2, 0.25) is 6.29 Å². The first-order valence-electron chi connectivity index (χ1n) is 4.46. The standard InChI is InChI=1S/C12H10NO/c14-10-12-6-7-13(9-12)8-11-4-2-1-3-5-11/h1-7,9H,8H2. The number of rotatable bonds is 3. The van der Waals surface area contributed by atoms with E-state index in [-0.39, 0.29) is 0 Å². The van der Waals surface area contributed by atoms with E-state index in [1.807, 2.05) is 35.2 Å². The van der Waals surface area contributed by atoms with Gasteiger partial charge in [0.25, 0.3) is 0 Å². The van der Waals surface area contributed by atoms with Crippen molar-refractivity contribution in [3.63, 3.8) is 0 Å². The summed E-state index contributed by atoms with van der Waals surface area (Å²) < 4.78 is 1.97. The molecule has 0 saturated heterocycles. The number of nitrogens with zero attached hydrogens (tertiary/aromatic N) is 1. The van der Waals surface area contributed by atoms with Crippen molar-refractivity contribution in [2.24, 2.45) is 0 Å². The lowest BCUT2D eigenvalue weighted by molar-refractivity contribution is 0.562. The zero-order chi connectivity index (χ0) is 9.80. The van der Waals surface area contributed by atoms with Gasteiger partial charge in [-0.25, -0.2) is 0 Å². The number of aromatic nitrogens is 1. The van der Waals surface area contributed by atoms with E-state index in [1.165, 1.54) is 5.56 Å². The highest BCUT2D eigenvalue weighted by Gasteiger charge is 1.96. The predicted molar refractivity (Wildman–Crippen MR) is 54.8 cm³/mol. The molecule has 0 atom stereocenters. The molecule has 1 aromatic carbocycles. The van der Waals surface area contributed by atoms with Crippen LogP contribution in [0, 0.1) is 0 Å². The topological polar surface area (TPSA) is 22.0 Å². The van der Waals surface area contributed by atoms with Crippen LogP contribution < -0.4 is 0 Å². The van der Waals surface area contributed by atoms with Gasteiger partial charge >= 0.3 is 0 Å². The minimum Gasteiger partial charge on any atom is -0.349 e. The van der Waals surface area contributed by atoms with Gasteiger partial charge in [0.1, 0.15) is 0 Å². The van der Waals surface area contributed by atoms with Crippen LogP contribution in [0.1, 0.15) is 11.1 Å². The molecule has 0 aliphatic heterocycles. The normalized spacial score (nSPS) is 10.0. The Kier molecular flexibility index (Phi) is 2.45. The zero-order valence-corrected chi connectivity index (χ0v) is 7.68. The van der Waals surface area contributed by atoms with Crippen molar-refractivity contribution >= 4 is 6.29 Å². The van der Waals surface area contributed by atoms with E-state index in [9.17, 15) is 4.79 Å². The summed E-state index contributed by atoms with van der Waals surface area (Å²) in [7, 11) is 0. The lowest BCUT2D eigenvalue weighted by atomic mass is 10.2. The van der Waals surface area contributed by atoms with Crippen molar-refractivity contribution < 1.29 is 4.79 Å². The van der Waals surface area contributed by atoms with Gasteiger partial charge < -0.3 is 4.57 Å². The molecule has 0 saturated carbocycles. The van der Waals surface area contributed by atoms with E-state index in [1.54, 1.807) is 12.3 Å². The van der Waals surface area contributed by atoms with Crippen LogP contribution in [0.25, 0.3) is 0 Å². The van der Waals surface area contributed by atoms with E-state index >= 15 is 0 Å². The quantitative estimate of drug-likeness (QED) is 0.715. The molecule has 0 aliphatic rings. The van der Waals surface area contributed by atoms with Gasteiger partial charge in [-0.1, -0.05) is 30.3 Å². The van der Waals surface area contributed by atoms with Crippen molar-refractivity contribution in [3.8, 4) is 0 Å². The van der Waals surface area contributed by atoms with Crippen LogP contribution in [-0.2, 0) is 11.3 Å². The highest BCUT2D eigenvalue weighted by Crippen LogP contribution is 2.04. The minimum atomic E-state index is 0.598. The van der Waals surface area contributed by atoms with E-state index < -0.39 is 0 Å². The molecule has 2 rings (SSSR count). The van der Waals surface area contributed by atoms with Crippen LogP contribution in [0.4, 0.5) is 0 Å². The maximum Gasteiger partial charge on any atom is 0.235 e. The zero-order valence-electron chi connectivity index (χ0n) is 7.68. The van der Waals surface area contributed by atoms with Crippen molar-refractivity contribution in [2.45, 2.75) is 6.54 Å². The Bertz CT molecular complexity index is 417. The summed E-state index contributed by atoms with van der Waals surface area (Å²) in [6, 6.07) is 11.9. The second kappa shape index (κ2) is 3.92. The summed E-state index contributed by atoms with van der Waals surface area (Å²) in [5.74, 6) is 0. The summed E-state index contributed by atoms with van der Waals surface area (Å²) in [6.07, 6.45) is 5.54. The average molecular weight is 184 g/mol. The van der Waals surface area contributed by atoms with Gasteiger partial charge in [-0.05, 0) is 11.6 Å². The fraction of sp³-hybridized carbons (Fsp3) is 0.0833. The molecule has 1 aromatic heterocycles. The first-order valence-corrected chi connectivity index (χ1v) is 4.46. The second-order valence-corrected chi connectivity index (χ2v) is 3.16. The fourth-order valence-corrected chi connectivity index (χ4v) is 1.39. The fourth-order valence-electron chi connectivity index (χ4n) is 1.39. The van der Waals surface area contributed by atoms with E-state index in [0.717, 1.165) is 6.54 Å². The van der Waals surface area contributed by atoms with Gasteiger partial charge in [-0.2, -0.15) is 0 Å². The van der Waals surface area contributed by atoms with Gasteiger partial charge in [-0.15, -0.1) is 0 Å². The Hall–Kier alpha value is -1.83. The van der Waals surface area contributed by atoms with Gasteiger partial charge in [-0.3, -0.25) is 4.79 Å². The minimum absolute atomic E-state index is 0.598. The van der Waals surface area contributed by atoms with Gasteiger partial charge in [0.15, 0.2) is 0 Å². The highest BCUT2D eigenvalue weighted by molar-refractivity contribution is 5.74. The first-order chi connectivity index (χ1) is 6.88. The van der Waals surface area contributed by atoms with Gasteiger partial charge in [0, 0.05) is 24.5 Å². The molecule has 2 aromatic rings. The molecule has 0 amide bonds. The SMILES string of the molecule is O=[C]c1ccn(Cc2ccccc2)c1. The number of carbonyl (C=O) groups excluding carboxylic acids is 1. The van der Waals surface area contributed by atoms with Crippen LogP contribution >= 0.6 is 0 Å². The molecule has 0 unspecified atom stereocenters. The van der Waals surface area contributed by atoms with E-state index in [4.69, 9.17) is 0 Å². The van der Waals surface area contributed by atoms with Crippen molar-refractivity contribution in [1.29, 1.82) is 0 Å². The lowest BCUT2D eigenvalue weighted by Crippen LogP contribution is -1.95. The van der Waals surface area contributed by atoms with E-state index in [2.05, 4.69) is 12.1 Å². The Balaban J connectivity index is 2.15. The maximum atomic E-state index is 10.3. The Morgan fingerprint density at radius 3 is 2.57 bits per heavy atom. The molecule has 0 aliphatic carbocycles. The molecular formula is C12H10NO. The first kappa shape index (κ1) is 8.75. The number of hydrogen-bond acceptors (Lipinski definition) is 1. The number of hydrogen-bond donors (Lipinski definition) is 0. The lowest BCUT2D eigenvalue weighted by Gasteiger charge is -2.01. The smallest absolute Gasteiger partial charge is 0.235 e. The monoisotopic (exact) mass is 184 g/mol. The maximum absolute atomic E-state index is 10.3. The van der Waals surface area contributed by atoms with Gasteiger partial charge in [0.05, 0.1) is 0 Å². The second-order valence-electron chi connectivity index (χ2n) is 3.16. The van der Waals surface area contributed by atoms with E-state index in [0.29, 0.717) is 5.56 Å². The Labute approximate surface area is 82.8 Å². The highest BCUT2D eigenvalue weighted by atomic mass is 16.1. The third-order valence-corrected chi connectivity index (χ3v) is 2.08. The summed E-state index contributed by atoms with van der Waals surface area (Å²) in [4.78, 5) is 10.3. The average Bonchev–Trinajstić information content (AvgIpc) is 2.67. The Morgan fingerprint density at radius 1 is 1.14 bits per heavy atom. The van der Waals surface area contributed by atoms with Crippen LogP contribution in [0.15, 0.2) is 48.8 Å². The Morgan fingerprint density at radius 2 is 1.93 bits per heavy atom. The van der Waals surface area contributed by atoms with Crippen LogP contribution in [0.2, 0.25) is 0 Å². The van der Waals surface area contributed by atoms with Crippen molar-refractivity contribution in [3.05, 3.63) is 59.9 Å². The largest absolute Gasteiger partial charge is 0.349 e. The summed E-state index contributed by atoms with van der Waals surface area (Å²) in [5, 5.41) is 0. The molecular weight excluding hydrogens is 174 g/mol. The van der Waals surface area contributed by atoms with Crippen molar-refractivity contribution in [1.82, 2.24) is 4.57 Å². The molecule has 0 N–H and O–H groups in total. The predicted octanol–water partition coefficient (Wildman–Crippen LogP) is 1.99. The van der Waals surface area contributed by atoms with Crippen LogP contribution in [0.5, 0.6) is 0 Å². The summed E-state index contributed by atoms with van der Waals surface area (Å²) in [6.45, 7) is 0.794. The van der Waals surface area contributed by atoms with Crippen LogP contribution in [0.3, 0.4) is 0 Å². The van der Waals surface area contributed by atoms with Crippen molar-refractivity contribution in [2.75, 3.05) is 0 Å². The molecule has 0 bridgehead atoms. The number of benzene rings is 1. The molecule has 1 heterocycles. The molecule has 0 spiro atoms. The molecule has 0 fully saturated rings. The van der Waals surface area contributed by atoms with Crippen LogP contribution in [-0.4, -0.2) is 10.9 Å². The molecule has 69 valence electrons. The summed E-state index contributed by atoms with van der Waals surface area (Å²) >= 11 is 0. The molecule has 1 radical (unpaired) electrons.